The van der Waals surface area contributed by atoms with Crippen molar-refractivity contribution >= 4 is 13.8 Å². The lowest BCUT2D eigenvalue weighted by atomic mass is 10.5. The second-order valence-electron chi connectivity index (χ2n) is 2.30. The van der Waals surface area contributed by atoms with Crippen molar-refractivity contribution in [1.29, 1.82) is 0 Å². The zero-order chi connectivity index (χ0) is 8.15. The maximum absolute atomic E-state index is 10.7. The number of hydrogen-bond acceptors (Lipinski definition) is 1. The second-order valence-corrected chi connectivity index (χ2v) is 5.52. The first kappa shape index (κ1) is 9.90. The van der Waals surface area contributed by atoms with E-state index in [1.165, 1.54) is 0 Å². The molecule has 0 bridgehead atoms. The smallest absolute Gasteiger partial charge is 0.224 e. The van der Waals surface area contributed by atoms with Gasteiger partial charge in [-0.2, -0.15) is 0 Å². The SMILES string of the molecule is CCP(CC)C(C)C(N)=O. The van der Waals surface area contributed by atoms with Gasteiger partial charge in [0.1, 0.15) is 0 Å². The minimum Gasteiger partial charge on any atom is -0.369 e. The molecule has 0 spiro atoms. The van der Waals surface area contributed by atoms with Crippen LogP contribution in [-0.4, -0.2) is 23.9 Å². The van der Waals surface area contributed by atoms with Gasteiger partial charge in [0.05, 0.1) is 5.66 Å². The molecule has 0 aliphatic rings. The van der Waals surface area contributed by atoms with E-state index in [9.17, 15) is 4.79 Å². The molecule has 0 aromatic carbocycles. The normalized spacial score (nSPS) is 13.6. The Bertz CT molecular complexity index is 112. The molecule has 0 aromatic heterocycles. The van der Waals surface area contributed by atoms with Crippen molar-refractivity contribution in [3.63, 3.8) is 0 Å². The Hall–Kier alpha value is -0.100. The summed E-state index contributed by atoms with van der Waals surface area (Å²) in [7, 11) is -0.131. The van der Waals surface area contributed by atoms with Crippen LogP contribution < -0.4 is 5.73 Å². The molecule has 0 aliphatic heterocycles. The van der Waals surface area contributed by atoms with E-state index in [1.807, 2.05) is 6.92 Å². The third kappa shape index (κ3) is 2.66. The maximum atomic E-state index is 10.7. The fourth-order valence-electron chi connectivity index (χ4n) is 0.951. The van der Waals surface area contributed by atoms with Gasteiger partial charge >= 0.3 is 0 Å². The fraction of sp³-hybridized carbons (Fsp3) is 0.857. The number of carbonyl (C=O) groups is 1. The molecule has 2 nitrogen and oxygen atoms in total. The van der Waals surface area contributed by atoms with Gasteiger partial charge in [-0.1, -0.05) is 21.8 Å². The van der Waals surface area contributed by atoms with Crippen LogP contribution in [0.15, 0.2) is 0 Å². The molecule has 0 saturated carbocycles. The van der Waals surface area contributed by atoms with E-state index in [-0.39, 0.29) is 19.5 Å². The van der Waals surface area contributed by atoms with Crippen molar-refractivity contribution < 1.29 is 4.79 Å². The Kier molecular flexibility index (Phi) is 4.63. The highest BCUT2D eigenvalue weighted by molar-refractivity contribution is 7.59. The van der Waals surface area contributed by atoms with Crippen LogP contribution in [0.1, 0.15) is 20.8 Å². The fourth-order valence-corrected chi connectivity index (χ4v) is 2.85. The quantitative estimate of drug-likeness (QED) is 0.622. The molecular formula is C7H16NOP. The lowest BCUT2D eigenvalue weighted by Gasteiger charge is -2.18. The first-order valence-electron chi connectivity index (χ1n) is 3.66. The van der Waals surface area contributed by atoms with Gasteiger partial charge < -0.3 is 5.73 Å². The predicted molar refractivity (Wildman–Crippen MR) is 46.7 cm³/mol. The molecule has 60 valence electrons. The van der Waals surface area contributed by atoms with Gasteiger partial charge in [-0.25, -0.2) is 0 Å². The first-order valence-corrected chi connectivity index (χ1v) is 5.45. The Morgan fingerprint density at radius 2 is 1.90 bits per heavy atom. The van der Waals surface area contributed by atoms with Crippen molar-refractivity contribution in [1.82, 2.24) is 0 Å². The summed E-state index contributed by atoms with van der Waals surface area (Å²) in [4.78, 5) is 10.7. The van der Waals surface area contributed by atoms with Gasteiger partial charge in [0.25, 0.3) is 0 Å². The lowest BCUT2D eigenvalue weighted by Crippen LogP contribution is -2.25. The van der Waals surface area contributed by atoms with Crippen molar-refractivity contribution in [3.05, 3.63) is 0 Å². The third-order valence-corrected chi connectivity index (χ3v) is 4.75. The van der Waals surface area contributed by atoms with Crippen LogP contribution in [0.5, 0.6) is 0 Å². The van der Waals surface area contributed by atoms with Crippen molar-refractivity contribution in [3.8, 4) is 0 Å². The van der Waals surface area contributed by atoms with E-state index in [0.29, 0.717) is 0 Å². The summed E-state index contributed by atoms with van der Waals surface area (Å²) in [5.74, 6) is -0.144. The molecule has 1 atom stereocenters. The highest BCUT2D eigenvalue weighted by Gasteiger charge is 2.16. The van der Waals surface area contributed by atoms with Crippen LogP contribution in [0.2, 0.25) is 0 Å². The van der Waals surface area contributed by atoms with Crippen LogP contribution in [0, 0.1) is 0 Å². The zero-order valence-corrected chi connectivity index (χ0v) is 7.82. The minimum atomic E-state index is -0.144. The van der Waals surface area contributed by atoms with Gasteiger partial charge in [-0.15, -0.1) is 0 Å². The van der Waals surface area contributed by atoms with Crippen molar-refractivity contribution in [2.45, 2.75) is 26.4 Å². The molecule has 0 fully saturated rings. The summed E-state index contributed by atoms with van der Waals surface area (Å²) in [6.45, 7) is 6.17. The molecule has 1 unspecified atom stereocenters. The highest BCUT2D eigenvalue weighted by atomic mass is 31.1. The monoisotopic (exact) mass is 161 g/mol. The van der Waals surface area contributed by atoms with Crippen molar-refractivity contribution in [2.75, 3.05) is 12.3 Å². The molecule has 2 N–H and O–H groups in total. The molecule has 0 rings (SSSR count). The summed E-state index contributed by atoms with van der Waals surface area (Å²) < 4.78 is 0. The van der Waals surface area contributed by atoms with E-state index < -0.39 is 0 Å². The summed E-state index contributed by atoms with van der Waals surface area (Å²) in [6, 6.07) is 0. The molecule has 0 heterocycles. The molecular weight excluding hydrogens is 145 g/mol. The first-order chi connectivity index (χ1) is 4.63. The van der Waals surface area contributed by atoms with E-state index >= 15 is 0 Å². The molecule has 0 saturated heterocycles. The minimum absolute atomic E-state index is 0.102. The van der Waals surface area contributed by atoms with E-state index in [0.717, 1.165) is 12.3 Å². The van der Waals surface area contributed by atoms with Gasteiger partial charge in [0, 0.05) is 0 Å². The molecule has 10 heavy (non-hydrogen) atoms. The number of amides is 1. The van der Waals surface area contributed by atoms with E-state index in [4.69, 9.17) is 5.73 Å². The average molecular weight is 161 g/mol. The molecule has 1 amide bonds. The van der Waals surface area contributed by atoms with Gasteiger partial charge in [0.15, 0.2) is 0 Å². The molecule has 0 aliphatic carbocycles. The van der Waals surface area contributed by atoms with Gasteiger partial charge in [-0.3, -0.25) is 4.79 Å². The topological polar surface area (TPSA) is 43.1 Å². The Morgan fingerprint density at radius 3 is 2.00 bits per heavy atom. The number of nitrogens with two attached hydrogens (primary N) is 1. The molecule has 3 heteroatoms. The highest BCUT2D eigenvalue weighted by Crippen LogP contribution is 2.39. The molecule has 0 radical (unpaired) electrons. The van der Waals surface area contributed by atoms with Crippen LogP contribution in [0.3, 0.4) is 0 Å². The van der Waals surface area contributed by atoms with Crippen LogP contribution in [0.4, 0.5) is 0 Å². The van der Waals surface area contributed by atoms with E-state index in [1.54, 1.807) is 0 Å². The Labute approximate surface area is 63.9 Å². The summed E-state index contributed by atoms with van der Waals surface area (Å²) in [5.41, 5.74) is 5.27. The summed E-state index contributed by atoms with van der Waals surface area (Å²) in [5, 5.41) is 0. The zero-order valence-electron chi connectivity index (χ0n) is 6.92. The standard InChI is InChI=1S/C7H16NOP/c1-4-10(5-2)6(3)7(8)9/h6H,4-5H2,1-3H3,(H2,8,9). The van der Waals surface area contributed by atoms with Crippen molar-refractivity contribution in [2.24, 2.45) is 5.73 Å². The maximum Gasteiger partial charge on any atom is 0.224 e. The van der Waals surface area contributed by atoms with Crippen LogP contribution in [0.25, 0.3) is 0 Å². The van der Waals surface area contributed by atoms with E-state index in [2.05, 4.69) is 13.8 Å². The third-order valence-electron chi connectivity index (χ3n) is 1.77. The average Bonchev–Trinajstić information content (AvgIpc) is 1.90. The largest absolute Gasteiger partial charge is 0.369 e. The number of primary amides is 1. The Balaban J connectivity index is 3.88. The second kappa shape index (κ2) is 4.68. The summed E-state index contributed by atoms with van der Waals surface area (Å²) in [6.07, 6.45) is 2.21. The Morgan fingerprint density at radius 1 is 1.50 bits per heavy atom. The van der Waals surface area contributed by atoms with Crippen LogP contribution >= 0.6 is 7.92 Å². The molecule has 0 aromatic rings. The predicted octanol–water partition coefficient (Wildman–Crippen LogP) is 1.38. The van der Waals surface area contributed by atoms with Gasteiger partial charge in [-0.05, 0) is 19.2 Å². The number of rotatable bonds is 4. The summed E-state index contributed by atoms with van der Waals surface area (Å²) >= 11 is 0. The lowest BCUT2D eigenvalue weighted by molar-refractivity contribution is -0.117. The van der Waals surface area contributed by atoms with Gasteiger partial charge in [0.2, 0.25) is 5.91 Å². The van der Waals surface area contributed by atoms with Crippen LogP contribution in [-0.2, 0) is 4.79 Å². The number of hydrogen-bond donors (Lipinski definition) is 1. The number of carbonyl (C=O) groups excluding carboxylic acids is 1.